The first kappa shape index (κ1) is 22.4. The molecule has 32 heavy (non-hydrogen) atoms. The van der Waals surface area contributed by atoms with Crippen molar-refractivity contribution in [3.05, 3.63) is 71.4 Å². The Morgan fingerprint density at radius 2 is 1.72 bits per heavy atom. The Bertz CT molecular complexity index is 985. The van der Waals surface area contributed by atoms with E-state index < -0.39 is 0 Å². The van der Waals surface area contributed by atoms with Crippen LogP contribution >= 0.6 is 0 Å². The van der Waals surface area contributed by atoms with Gasteiger partial charge in [0.15, 0.2) is 5.82 Å². The monoisotopic (exact) mass is 431 g/mol. The number of aryl methyl sites for hydroxylation is 2. The van der Waals surface area contributed by atoms with E-state index in [-0.39, 0.29) is 0 Å². The number of aromatic nitrogens is 2. The molecule has 2 N–H and O–H groups in total. The van der Waals surface area contributed by atoms with Crippen LogP contribution in [-0.2, 0) is 11.3 Å². The number of anilines is 2. The van der Waals surface area contributed by atoms with Gasteiger partial charge in [-0.3, -0.25) is 0 Å². The van der Waals surface area contributed by atoms with E-state index in [0.717, 1.165) is 79.9 Å². The van der Waals surface area contributed by atoms with Crippen molar-refractivity contribution in [2.45, 2.75) is 26.9 Å². The molecule has 0 amide bonds. The molecule has 168 valence electrons. The van der Waals surface area contributed by atoms with Gasteiger partial charge in [-0.15, -0.1) is 0 Å². The van der Waals surface area contributed by atoms with E-state index in [0.29, 0.717) is 6.61 Å². The number of hydrogen-bond donors (Lipinski definition) is 2. The zero-order valence-electron chi connectivity index (χ0n) is 19.1. The number of hydrogen-bond acceptors (Lipinski definition) is 6. The SMILES string of the molecule is Cc1ccc(Nc2nc(-c3ccccc3)nc(C)c2COCCCN2CCNCC2)cc1. The van der Waals surface area contributed by atoms with Crippen LogP contribution in [0.3, 0.4) is 0 Å². The van der Waals surface area contributed by atoms with E-state index in [1.807, 2.05) is 37.3 Å². The molecule has 0 saturated carbocycles. The Labute approximate surface area is 191 Å². The summed E-state index contributed by atoms with van der Waals surface area (Å²) in [5.41, 5.74) is 5.19. The number of piperazine rings is 1. The van der Waals surface area contributed by atoms with Crippen molar-refractivity contribution >= 4 is 11.5 Å². The number of ether oxygens (including phenoxy) is 1. The number of benzene rings is 2. The van der Waals surface area contributed by atoms with Gasteiger partial charge in [-0.25, -0.2) is 9.97 Å². The van der Waals surface area contributed by atoms with Gasteiger partial charge < -0.3 is 20.3 Å². The lowest BCUT2D eigenvalue weighted by atomic mass is 10.1. The molecule has 1 saturated heterocycles. The fraction of sp³-hybridized carbons (Fsp3) is 0.385. The largest absolute Gasteiger partial charge is 0.377 e. The number of rotatable bonds is 9. The standard InChI is InChI=1S/C26H33N5O/c1-20-9-11-23(12-10-20)29-26-24(19-32-18-6-15-31-16-13-27-14-17-31)21(2)28-25(30-26)22-7-4-3-5-8-22/h3-5,7-12,27H,6,13-19H2,1-2H3,(H,28,29,30). The second-order valence-corrected chi connectivity index (χ2v) is 8.31. The van der Waals surface area contributed by atoms with Crippen LogP contribution in [0.1, 0.15) is 23.2 Å². The summed E-state index contributed by atoms with van der Waals surface area (Å²) in [4.78, 5) is 12.2. The van der Waals surface area contributed by atoms with Gasteiger partial charge in [0.2, 0.25) is 0 Å². The minimum Gasteiger partial charge on any atom is -0.377 e. The summed E-state index contributed by atoms with van der Waals surface area (Å²) in [6, 6.07) is 18.5. The van der Waals surface area contributed by atoms with Crippen molar-refractivity contribution in [1.29, 1.82) is 0 Å². The highest BCUT2D eigenvalue weighted by Crippen LogP contribution is 2.26. The predicted octanol–water partition coefficient (Wildman–Crippen LogP) is 4.32. The van der Waals surface area contributed by atoms with Crippen LogP contribution in [0, 0.1) is 13.8 Å². The van der Waals surface area contributed by atoms with E-state index in [2.05, 4.69) is 46.7 Å². The second kappa shape index (κ2) is 11.2. The lowest BCUT2D eigenvalue weighted by molar-refractivity contribution is 0.106. The summed E-state index contributed by atoms with van der Waals surface area (Å²) in [5, 5.41) is 6.89. The molecule has 2 heterocycles. The van der Waals surface area contributed by atoms with Crippen molar-refractivity contribution in [2.24, 2.45) is 0 Å². The smallest absolute Gasteiger partial charge is 0.161 e. The van der Waals surface area contributed by atoms with Crippen molar-refractivity contribution in [1.82, 2.24) is 20.2 Å². The minimum atomic E-state index is 0.497. The zero-order chi connectivity index (χ0) is 22.2. The maximum Gasteiger partial charge on any atom is 0.161 e. The predicted molar refractivity (Wildman–Crippen MR) is 130 cm³/mol. The molecule has 6 nitrogen and oxygen atoms in total. The highest BCUT2D eigenvalue weighted by molar-refractivity contribution is 5.64. The van der Waals surface area contributed by atoms with Crippen LogP contribution in [0.5, 0.6) is 0 Å². The topological polar surface area (TPSA) is 62.3 Å². The molecule has 2 aromatic carbocycles. The molecular weight excluding hydrogens is 398 g/mol. The molecule has 4 rings (SSSR count). The lowest BCUT2D eigenvalue weighted by Gasteiger charge is -2.27. The third-order valence-corrected chi connectivity index (χ3v) is 5.78. The van der Waals surface area contributed by atoms with Crippen molar-refractivity contribution in [3.8, 4) is 11.4 Å². The molecule has 0 radical (unpaired) electrons. The van der Waals surface area contributed by atoms with Crippen LogP contribution < -0.4 is 10.6 Å². The Hall–Kier alpha value is -2.80. The Kier molecular flexibility index (Phi) is 7.82. The summed E-state index contributed by atoms with van der Waals surface area (Å²) in [7, 11) is 0. The first-order valence-electron chi connectivity index (χ1n) is 11.5. The molecule has 0 atom stereocenters. The van der Waals surface area contributed by atoms with Gasteiger partial charge in [-0.05, 0) is 32.4 Å². The summed E-state index contributed by atoms with van der Waals surface area (Å²) >= 11 is 0. The first-order valence-corrected chi connectivity index (χ1v) is 11.5. The van der Waals surface area contributed by atoms with Gasteiger partial charge in [-0.2, -0.15) is 0 Å². The number of nitrogens with zero attached hydrogens (tertiary/aromatic N) is 3. The maximum atomic E-state index is 6.07. The van der Waals surface area contributed by atoms with E-state index in [1.54, 1.807) is 0 Å². The van der Waals surface area contributed by atoms with E-state index in [1.165, 1.54) is 5.56 Å². The fourth-order valence-corrected chi connectivity index (χ4v) is 3.86. The van der Waals surface area contributed by atoms with Crippen molar-refractivity contribution < 1.29 is 4.74 Å². The summed E-state index contributed by atoms with van der Waals surface area (Å²) in [6.07, 6.45) is 1.03. The first-order chi connectivity index (χ1) is 15.7. The quantitative estimate of drug-likeness (QED) is 0.492. The summed E-state index contributed by atoms with van der Waals surface area (Å²) in [6.45, 7) is 10.8. The minimum absolute atomic E-state index is 0.497. The lowest BCUT2D eigenvalue weighted by Crippen LogP contribution is -2.43. The van der Waals surface area contributed by atoms with Gasteiger partial charge in [0.1, 0.15) is 5.82 Å². The summed E-state index contributed by atoms with van der Waals surface area (Å²) in [5.74, 6) is 1.53. The van der Waals surface area contributed by atoms with Crippen LogP contribution in [-0.4, -0.2) is 54.2 Å². The van der Waals surface area contributed by atoms with E-state index in [4.69, 9.17) is 14.7 Å². The van der Waals surface area contributed by atoms with Crippen LogP contribution in [0.4, 0.5) is 11.5 Å². The fourth-order valence-electron chi connectivity index (χ4n) is 3.86. The van der Waals surface area contributed by atoms with Crippen molar-refractivity contribution in [2.75, 3.05) is 44.6 Å². The Morgan fingerprint density at radius 1 is 0.969 bits per heavy atom. The molecule has 1 aromatic heterocycles. The molecular formula is C26H33N5O. The normalized spacial score (nSPS) is 14.4. The molecule has 1 aliphatic heterocycles. The van der Waals surface area contributed by atoms with Crippen LogP contribution in [0.15, 0.2) is 54.6 Å². The Morgan fingerprint density at radius 3 is 2.47 bits per heavy atom. The van der Waals surface area contributed by atoms with Gasteiger partial charge in [0.05, 0.1) is 6.61 Å². The third kappa shape index (κ3) is 6.13. The van der Waals surface area contributed by atoms with Crippen molar-refractivity contribution in [3.63, 3.8) is 0 Å². The third-order valence-electron chi connectivity index (χ3n) is 5.78. The number of nitrogens with one attached hydrogen (secondary N) is 2. The van der Waals surface area contributed by atoms with Gasteiger partial charge in [0.25, 0.3) is 0 Å². The molecule has 1 aliphatic rings. The van der Waals surface area contributed by atoms with E-state index in [9.17, 15) is 0 Å². The average molecular weight is 432 g/mol. The highest BCUT2D eigenvalue weighted by atomic mass is 16.5. The average Bonchev–Trinajstić information content (AvgIpc) is 2.83. The molecule has 0 spiro atoms. The highest BCUT2D eigenvalue weighted by Gasteiger charge is 2.14. The molecule has 6 heteroatoms. The molecule has 3 aromatic rings. The van der Waals surface area contributed by atoms with E-state index >= 15 is 0 Å². The van der Waals surface area contributed by atoms with Crippen LogP contribution in [0.2, 0.25) is 0 Å². The maximum absolute atomic E-state index is 6.07. The second-order valence-electron chi connectivity index (χ2n) is 8.31. The molecule has 0 aliphatic carbocycles. The molecule has 1 fully saturated rings. The molecule has 0 bridgehead atoms. The van der Waals surface area contributed by atoms with Gasteiger partial charge in [-0.1, -0.05) is 48.0 Å². The zero-order valence-corrected chi connectivity index (χ0v) is 19.1. The van der Waals surface area contributed by atoms with Gasteiger partial charge in [0, 0.05) is 61.8 Å². The Balaban J connectivity index is 1.47. The van der Waals surface area contributed by atoms with Gasteiger partial charge >= 0.3 is 0 Å². The summed E-state index contributed by atoms with van der Waals surface area (Å²) < 4.78 is 6.07. The van der Waals surface area contributed by atoms with Crippen LogP contribution in [0.25, 0.3) is 11.4 Å². The molecule has 0 unspecified atom stereocenters.